The minimum Gasteiger partial charge on any atom is -0.447 e. The molecule has 0 saturated carbocycles. The molecule has 9 heteroatoms. The van der Waals surface area contributed by atoms with Gasteiger partial charge in [-0.15, -0.1) is 5.10 Å². The Balaban J connectivity index is 1.48. The van der Waals surface area contributed by atoms with E-state index >= 15 is 0 Å². The van der Waals surface area contributed by atoms with Gasteiger partial charge in [-0.25, -0.2) is 4.68 Å². The molecule has 172 valence electrons. The van der Waals surface area contributed by atoms with Gasteiger partial charge < -0.3 is 10.1 Å². The number of rotatable bonds is 7. The molecule has 0 bridgehead atoms. The summed E-state index contributed by atoms with van der Waals surface area (Å²) in [4.78, 5) is 38.2. The molecule has 3 aromatic carbocycles. The van der Waals surface area contributed by atoms with Crippen LogP contribution in [0.5, 0.6) is 0 Å². The van der Waals surface area contributed by atoms with E-state index in [1.54, 1.807) is 72.8 Å². The summed E-state index contributed by atoms with van der Waals surface area (Å²) < 4.78 is 6.63. The molecule has 0 aliphatic carbocycles. The van der Waals surface area contributed by atoms with Gasteiger partial charge in [-0.3, -0.25) is 14.4 Å². The van der Waals surface area contributed by atoms with Crippen molar-refractivity contribution in [1.82, 2.24) is 15.0 Å². The van der Waals surface area contributed by atoms with Gasteiger partial charge in [0.15, 0.2) is 0 Å². The van der Waals surface area contributed by atoms with Crippen LogP contribution in [-0.2, 0) is 20.9 Å². The van der Waals surface area contributed by atoms with Crippen LogP contribution in [0.4, 0.5) is 5.69 Å². The Labute approximate surface area is 200 Å². The highest BCUT2D eigenvalue weighted by atomic mass is 35.5. The maximum Gasteiger partial charge on any atom is 0.308 e. The number of nitrogens with one attached hydrogen (secondary N) is 1. The predicted molar refractivity (Wildman–Crippen MR) is 129 cm³/mol. The Morgan fingerprint density at radius 2 is 1.79 bits per heavy atom. The number of nitrogens with zero attached hydrogens (tertiary/aromatic N) is 3. The van der Waals surface area contributed by atoms with Crippen molar-refractivity contribution < 1.29 is 14.3 Å². The second kappa shape index (κ2) is 10.3. The Morgan fingerprint density at radius 1 is 1.06 bits per heavy atom. The van der Waals surface area contributed by atoms with E-state index in [4.69, 9.17) is 16.3 Å². The van der Waals surface area contributed by atoms with Gasteiger partial charge in [-0.05, 0) is 36.8 Å². The summed E-state index contributed by atoms with van der Waals surface area (Å²) in [6.07, 6.45) is -1.35. The fourth-order valence-corrected chi connectivity index (χ4v) is 3.52. The molecule has 0 aliphatic heterocycles. The maximum absolute atomic E-state index is 13.0. The summed E-state index contributed by atoms with van der Waals surface area (Å²) in [6.45, 7) is 1.82. The number of hydrogen-bond donors (Lipinski definition) is 1. The predicted octanol–water partition coefficient (Wildman–Crippen LogP) is 4.07. The normalized spacial score (nSPS) is 11.7. The Bertz CT molecular complexity index is 1410. The van der Waals surface area contributed by atoms with Crippen molar-refractivity contribution in [3.05, 3.63) is 99.3 Å². The highest BCUT2D eigenvalue weighted by Gasteiger charge is 2.25. The Kier molecular flexibility index (Phi) is 6.98. The number of aryl methyl sites for hydroxylation is 2. The van der Waals surface area contributed by atoms with E-state index in [2.05, 4.69) is 15.6 Å². The van der Waals surface area contributed by atoms with E-state index < -0.39 is 18.0 Å². The summed E-state index contributed by atoms with van der Waals surface area (Å²) in [7, 11) is 0. The van der Waals surface area contributed by atoms with Crippen molar-refractivity contribution in [2.45, 2.75) is 26.0 Å². The number of fused-ring (bicyclic) bond motifs is 1. The first-order valence-electron chi connectivity index (χ1n) is 10.6. The first kappa shape index (κ1) is 23.1. The lowest BCUT2D eigenvalue weighted by molar-refractivity contribution is -0.155. The van der Waals surface area contributed by atoms with Crippen LogP contribution in [0.1, 0.15) is 23.7 Å². The van der Waals surface area contributed by atoms with Gasteiger partial charge in [0.2, 0.25) is 6.10 Å². The van der Waals surface area contributed by atoms with E-state index in [0.717, 1.165) is 10.2 Å². The number of ether oxygens (including phenoxy) is 1. The van der Waals surface area contributed by atoms with Crippen LogP contribution in [0.3, 0.4) is 0 Å². The monoisotopic (exact) mass is 476 g/mol. The summed E-state index contributed by atoms with van der Waals surface area (Å²) in [5.74, 6) is -1.19. The van der Waals surface area contributed by atoms with Crippen LogP contribution in [0.2, 0.25) is 5.02 Å². The zero-order chi connectivity index (χ0) is 24.1. The van der Waals surface area contributed by atoms with Crippen molar-refractivity contribution in [3.63, 3.8) is 0 Å². The number of esters is 1. The highest BCUT2D eigenvalue weighted by Crippen LogP contribution is 2.24. The molecule has 34 heavy (non-hydrogen) atoms. The molecule has 1 aromatic heterocycles. The zero-order valence-electron chi connectivity index (χ0n) is 18.3. The lowest BCUT2D eigenvalue weighted by atomic mass is 10.1. The molecule has 1 unspecified atom stereocenters. The standard InChI is InChI=1S/C25H21ClN4O4/c1-16-11-12-18(15-20(16)26)27-24(32)23(17-7-3-2-4-8-17)34-22(31)13-14-30-25(33)19-9-5-6-10-21(19)28-29-30/h2-12,15,23H,13-14H2,1H3,(H,27,32). The first-order chi connectivity index (χ1) is 16.4. The molecular weight excluding hydrogens is 456 g/mol. The van der Waals surface area contributed by atoms with Gasteiger partial charge in [0.1, 0.15) is 5.52 Å². The maximum atomic E-state index is 13.0. The van der Waals surface area contributed by atoms with Crippen molar-refractivity contribution in [1.29, 1.82) is 0 Å². The van der Waals surface area contributed by atoms with Crippen molar-refractivity contribution in [2.75, 3.05) is 5.32 Å². The van der Waals surface area contributed by atoms with Crippen LogP contribution in [-0.4, -0.2) is 26.9 Å². The molecule has 1 N–H and O–H groups in total. The number of amides is 1. The Hall–Kier alpha value is -4.04. The molecule has 1 heterocycles. The molecule has 0 saturated heterocycles. The fraction of sp³-hybridized carbons (Fsp3) is 0.160. The number of carbonyl (C=O) groups is 2. The quantitative estimate of drug-likeness (QED) is 0.403. The fourth-order valence-electron chi connectivity index (χ4n) is 3.34. The molecule has 0 fully saturated rings. The molecular formula is C25H21ClN4O4. The molecule has 4 aromatic rings. The van der Waals surface area contributed by atoms with Crippen LogP contribution in [0.15, 0.2) is 77.6 Å². The third-order valence-electron chi connectivity index (χ3n) is 5.19. The average molecular weight is 477 g/mol. The molecule has 0 aliphatic rings. The van der Waals surface area contributed by atoms with Gasteiger partial charge in [0.05, 0.1) is 18.4 Å². The number of halogens is 1. The molecule has 4 rings (SSSR count). The second-order valence-corrected chi connectivity index (χ2v) is 8.03. The molecule has 0 radical (unpaired) electrons. The minimum absolute atomic E-state index is 0.0355. The van der Waals surface area contributed by atoms with E-state index in [1.165, 1.54) is 0 Å². The smallest absolute Gasteiger partial charge is 0.308 e. The summed E-state index contributed by atoms with van der Waals surface area (Å²) in [6, 6.07) is 20.6. The number of benzene rings is 3. The zero-order valence-corrected chi connectivity index (χ0v) is 19.0. The molecule has 1 atom stereocenters. The summed E-state index contributed by atoms with van der Waals surface area (Å²) >= 11 is 6.15. The molecule has 8 nitrogen and oxygen atoms in total. The topological polar surface area (TPSA) is 103 Å². The number of anilines is 1. The third-order valence-corrected chi connectivity index (χ3v) is 5.59. The van der Waals surface area contributed by atoms with Crippen LogP contribution >= 0.6 is 11.6 Å². The van der Waals surface area contributed by atoms with Crippen LogP contribution in [0, 0.1) is 6.92 Å². The van der Waals surface area contributed by atoms with E-state index in [1.807, 2.05) is 6.92 Å². The molecule has 0 spiro atoms. The lowest BCUT2D eigenvalue weighted by Crippen LogP contribution is -2.28. The van der Waals surface area contributed by atoms with Gasteiger partial charge in [0.25, 0.3) is 11.5 Å². The summed E-state index contributed by atoms with van der Waals surface area (Å²) in [5.41, 5.74) is 1.98. The first-order valence-corrected chi connectivity index (χ1v) is 10.9. The largest absolute Gasteiger partial charge is 0.447 e. The third kappa shape index (κ3) is 5.29. The second-order valence-electron chi connectivity index (χ2n) is 7.62. The van der Waals surface area contributed by atoms with Crippen molar-refractivity contribution in [2.24, 2.45) is 0 Å². The molecule has 1 amide bonds. The van der Waals surface area contributed by atoms with Gasteiger partial charge in [-0.1, -0.05) is 65.3 Å². The number of hydrogen-bond acceptors (Lipinski definition) is 6. The number of aromatic nitrogens is 3. The van der Waals surface area contributed by atoms with E-state index in [-0.39, 0.29) is 18.5 Å². The van der Waals surface area contributed by atoms with Gasteiger partial charge in [0, 0.05) is 16.3 Å². The average Bonchev–Trinajstić information content (AvgIpc) is 2.85. The number of carbonyl (C=O) groups excluding carboxylic acids is 2. The summed E-state index contributed by atoms with van der Waals surface area (Å²) in [5, 5.41) is 11.5. The van der Waals surface area contributed by atoms with E-state index in [0.29, 0.717) is 27.2 Å². The van der Waals surface area contributed by atoms with Crippen molar-refractivity contribution in [3.8, 4) is 0 Å². The van der Waals surface area contributed by atoms with Gasteiger partial charge >= 0.3 is 5.97 Å². The van der Waals surface area contributed by atoms with Crippen LogP contribution in [0.25, 0.3) is 10.9 Å². The Morgan fingerprint density at radius 3 is 2.56 bits per heavy atom. The minimum atomic E-state index is -1.19. The van der Waals surface area contributed by atoms with E-state index in [9.17, 15) is 14.4 Å². The van der Waals surface area contributed by atoms with Crippen LogP contribution < -0.4 is 10.9 Å². The lowest BCUT2D eigenvalue weighted by Gasteiger charge is -2.18. The highest BCUT2D eigenvalue weighted by molar-refractivity contribution is 6.31. The van der Waals surface area contributed by atoms with Crippen molar-refractivity contribution >= 4 is 40.1 Å². The van der Waals surface area contributed by atoms with Gasteiger partial charge in [-0.2, -0.15) is 0 Å². The SMILES string of the molecule is Cc1ccc(NC(=O)C(OC(=O)CCn2nnc3ccccc3c2=O)c2ccccc2)cc1Cl.